The second-order valence-electron chi connectivity index (χ2n) is 29.3. The third-order valence-corrected chi connectivity index (χ3v) is 21.4. The van der Waals surface area contributed by atoms with Crippen molar-refractivity contribution < 1.29 is 14.4 Å². The van der Waals surface area contributed by atoms with Crippen LogP contribution in [0.2, 0.25) is 0 Å². The average Bonchev–Trinajstić information content (AvgIpc) is 0.782. The zero-order valence-corrected chi connectivity index (χ0v) is 68.5. The third kappa shape index (κ3) is 22.5. The van der Waals surface area contributed by atoms with Crippen LogP contribution < -0.4 is 0 Å². The molecule has 540 valence electrons. The van der Waals surface area contributed by atoms with Gasteiger partial charge in [0.1, 0.15) is 0 Å². The van der Waals surface area contributed by atoms with E-state index in [1.807, 2.05) is 103 Å². The summed E-state index contributed by atoms with van der Waals surface area (Å²) in [6, 6.07) is 97.5. The summed E-state index contributed by atoms with van der Waals surface area (Å²) in [4.78, 5) is 12.0. The lowest BCUT2D eigenvalue weighted by Crippen LogP contribution is -2.15. The van der Waals surface area contributed by atoms with E-state index in [4.69, 9.17) is 0 Å². The molecule has 10 rings (SSSR count). The predicted octanol–water partition coefficient (Wildman–Crippen LogP) is 27.4. The molecule has 0 spiro atoms. The topological polar surface area (TPSA) is 109 Å². The molecule has 6 nitrogen and oxygen atoms in total. The smallest absolute Gasteiger partial charge is 0.332 e. The molecular formula is C99H93Br3N6. The zero-order valence-electron chi connectivity index (χ0n) is 63.8. The highest BCUT2D eigenvalue weighted by atomic mass is 79.9. The van der Waals surface area contributed by atoms with Crippen LogP contribution in [0, 0.1) is 86.6 Å². The van der Waals surface area contributed by atoms with Gasteiger partial charge in [0.05, 0.1) is 33.4 Å². The molecule has 0 aliphatic heterocycles. The highest BCUT2D eigenvalue weighted by Crippen LogP contribution is 2.34. The molecule has 0 amide bonds. The Kier molecular flexibility index (Phi) is 30.0. The fourth-order valence-corrected chi connectivity index (χ4v) is 15.8. The Morgan fingerprint density at radius 2 is 0.565 bits per heavy atom. The average molecular weight is 1610 g/mol. The normalized spacial score (nSPS) is 10.7. The van der Waals surface area contributed by atoms with Gasteiger partial charge < -0.3 is 16.6 Å². The van der Waals surface area contributed by atoms with E-state index in [1.165, 1.54) is 82.6 Å². The van der Waals surface area contributed by atoms with E-state index in [9.17, 15) is 16.6 Å². The summed E-state index contributed by atoms with van der Waals surface area (Å²) in [7, 11) is 0. The van der Waals surface area contributed by atoms with Crippen LogP contribution in [0.1, 0.15) is 224 Å². The van der Waals surface area contributed by atoms with Crippen molar-refractivity contribution in [2.45, 2.75) is 196 Å². The van der Waals surface area contributed by atoms with E-state index in [1.54, 1.807) is 0 Å². The van der Waals surface area contributed by atoms with Crippen molar-refractivity contribution in [1.29, 1.82) is 0 Å². The van der Waals surface area contributed by atoms with E-state index in [2.05, 4.69) is 251 Å². The number of unbranched alkanes of at least 4 members (excludes halogenated alkanes) is 15. The molecule has 0 aromatic heterocycles. The first kappa shape index (κ1) is 80.5. The molecule has 10 aromatic carbocycles. The largest absolute Gasteiger partial charge is 0.361 e. The fraction of sp³-hybridized carbons (Fsp3) is 0.303. The zero-order chi connectivity index (χ0) is 76.4. The summed E-state index contributed by atoms with van der Waals surface area (Å²) < 4.78 is 1.99. The van der Waals surface area contributed by atoms with Gasteiger partial charge in [-0.3, -0.25) is 0 Å². The van der Waals surface area contributed by atoms with Crippen molar-refractivity contribution in [3.63, 3.8) is 0 Å². The van der Waals surface area contributed by atoms with Crippen LogP contribution in [0.5, 0.6) is 0 Å². The Balaban J connectivity index is 1.31. The molecule has 0 fully saturated rings. The highest BCUT2D eigenvalue weighted by molar-refractivity contribution is 9.11. The minimum Gasteiger partial charge on any atom is -0.361 e. The monoisotopic (exact) mass is 1600 g/mol. The van der Waals surface area contributed by atoms with Crippen LogP contribution in [0.15, 0.2) is 177 Å². The van der Waals surface area contributed by atoms with Crippen molar-refractivity contribution in [1.82, 2.24) is 0 Å². The molecule has 0 heterocycles. The molecule has 0 saturated carbocycles. The van der Waals surface area contributed by atoms with Crippen LogP contribution in [0.3, 0.4) is 0 Å². The van der Waals surface area contributed by atoms with E-state index in [0.717, 1.165) is 123 Å². The molecule has 10 aromatic rings. The van der Waals surface area contributed by atoms with Crippen molar-refractivity contribution in [2.24, 2.45) is 0 Å². The second-order valence-corrected chi connectivity index (χ2v) is 31.8. The molecule has 12 bridgehead atoms. The summed E-state index contributed by atoms with van der Waals surface area (Å²) in [5, 5.41) is 8.68. The molecule has 0 aliphatic rings. The lowest BCUT2D eigenvalue weighted by molar-refractivity contribution is -0.00323. The van der Waals surface area contributed by atoms with E-state index in [0.29, 0.717) is 90.7 Å². The third-order valence-electron chi connectivity index (χ3n) is 19.5. The minimum atomic E-state index is -0.109. The van der Waals surface area contributed by atoms with Crippen LogP contribution in [-0.4, -0.2) is 31.5 Å². The van der Waals surface area contributed by atoms with E-state index in [-0.39, 0.29) is 5.41 Å². The molecule has 0 saturated heterocycles. The van der Waals surface area contributed by atoms with Gasteiger partial charge >= 0.3 is 17.1 Å². The first-order chi connectivity index (χ1) is 52.4. The lowest BCUT2D eigenvalue weighted by atomic mass is 9.82. The summed E-state index contributed by atoms with van der Waals surface area (Å²) in [5.41, 5.74) is 44.9. The van der Waals surface area contributed by atoms with Gasteiger partial charge in [0, 0.05) is 78.1 Å². The Bertz CT molecular complexity index is 5340. The van der Waals surface area contributed by atoms with Gasteiger partial charge in [0.25, 0.3) is 0 Å². The summed E-state index contributed by atoms with van der Waals surface area (Å²) in [6.07, 6.45) is 23.4. The highest BCUT2D eigenvalue weighted by Gasteiger charge is 2.28. The minimum absolute atomic E-state index is 0.109. The first-order valence-corrected chi connectivity index (χ1v) is 40.8. The fourth-order valence-electron chi connectivity index (χ4n) is 13.9. The Labute approximate surface area is 667 Å². The van der Waals surface area contributed by atoms with E-state index >= 15 is 0 Å². The standard InChI is InChI=1S/C99H93Br3N6/c1-9-12-15-18-21-26-33-71-54-74-40-43-80-63-85(93(89(100)66-80)96(106-103)83-36-29-24-30-37-83)49-46-78-58-73(35-28-23-20-17-14-11-3)59-79(62-78)47-50-86-64-81(67-90(101)94(86)97(107-104)84-38-31-25-32-39-84)44-42-76-56-72(34-27-22-19-16-13-10-2)57-77(61-76)48-51-87-65-82(45-41-75(55-71)60-74)68-91(102)95(87)98(108-105)92-69(4)52-88(53-70(92)5)99(6,7)8/h24-25,29-32,36-39,52-68H,9-23,26-28,33-35H2,1-8H3. The number of rotatable bonds is 27. The van der Waals surface area contributed by atoms with Crippen molar-refractivity contribution >= 4 is 130 Å². The molecule has 0 radical (unpaired) electrons. The first-order valence-electron chi connectivity index (χ1n) is 38.4. The van der Waals surface area contributed by atoms with E-state index < -0.39 is 0 Å². The van der Waals surface area contributed by atoms with Gasteiger partial charge in [0.2, 0.25) is 0 Å². The number of halogens is 3. The molecule has 0 N–H and O–H groups in total. The van der Waals surface area contributed by atoms with Crippen molar-refractivity contribution in [2.75, 3.05) is 0 Å². The SMILES string of the molecule is CCCCCCCCc1cc2c#cc3cc(Br)c(C(=[N+]=[N-])c4ccccc4)c(c#cc4cc(CCCCCCCC)cc(c#cc5cc(c#cc6cc(CCCCCCCC)cc(c#cc7cc(c#cc(c1)c2)cc(Br)c7C(=[N+]=[N-])c1c(C)cc(C(C)(C)C)cc1C)c6)cc(Br)c5C(=[N+]=[N-])c1ccccc1)c4)c3. The van der Waals surface area contributed by atoms with Gasteiger partial charge in [-0.05, 0) is 254 Å². The van der Waals surface area contributed by atoms with Gasteiger partial charge in [-0.2, -0.15) is 14.4 Å². The number of aryl methyl sites for hydroxylation is 5. The molecule has 108 heavy (non-hydrogen) atoms. The quantitative estimate of drug-likeness (QED) is 0.0212. The van der Waals surface area contributed by atoms with Crippen molar-refractivity contribution in [3.8, 4) is 0 Å². The number of hydrogen-bond donors (Lipinski definition) is 0. The van der Waals surface area contributed by atoms with Crippen LogP contribution in [0.25, 0.3) is 81.2 Å². The molecular weight excluding hydrogens is 1510 g/mol. The van der Waals surface area contributed by atoms with Crippen LogP contribution >= 0.6 is 47.8 Å². The van der Waals surface area contributed by atoms with Gasteiger partial charge in [0.15, 0.2) is 0 Å². The maximum absolute atomic E-state index is 11.4. The Hall–Kier alpha value is -10.1. The van der Waals surface area contributed by atoms with Gasteiger partial charge in [-0.1, -0.05) is 259 Å². The molecule has 0 atom stereocenters. The Morgan fingerprint density at radius 3 is 0.843 bits per heavy atom. The number of hydrogen-bond acceptors (Lipinski definition) is 0. The number of benzene rings is 9. The van der Waals surface area contributed by atoms with Gasteiger partial charge in [-0.15, -0.1) is 0 Å². The second kappa shape index (κ2) is 40.2. The van der Waals surface area contributed by atoms with Crippen LogP contribution in [-0.2, 0) is 24.7 Å². The summed E-state index contributed by atoms with van der Waals surface area (Å²) in [5.74, 6) is 0. The maximum atomic E-state index is 11.4. The number of fused-ring (bicyclic) bond motifs is 12. The predicted molar refractivity (Wildman–Crippen MR) is 459 cm³/mol. The van der Waals surface area contributed by atoms with Crippen molar-refractivity contribution in [3.05, 3.63) is 333 Å². The lowest BCUT2D eigenvalue weighted by Gasteiger charge is -2.21. The molecule has 0 aliphatic carbocycles. The summed E-state index contributed by atoms with van der Waals surface area (Å²) in [6.45, 7) is 17.5. The summed E-state index contributed by atoms with van der Waals surface area (Å²) >= 11 is 11.9. The maximum Gasteiger partial charge on any atom is 0.332 e. The van der Waals surface area contributed by atoms with Gasteiger partial charge in [-0.25, -0.2) is 0 Å². The molecule has 9 heteroatoms. The molecule has 0 unspecified atom stereocenters. The Morgan fingerprint density at radius 1 is 0.306 bits per heavy atom. The van der Waals surface area contributed by atoms with Crippen LogP contribution in [0.4, 0.5) is 0 Å². The number of nitrogens with zero attached hydrogens (tertiary/aromatic N) is 6.